The van der Waals surface area contributed by atoms with E-state index in [9.17, 15) is 9.59 Å². The van der Waals surface area contributed by atoms with Gasteiger partial charge in [-0.2, -0.15) is 0 Å². The highest BCUT2D eigenvalue weighted by Gasteiger charge is 2.45. The number of piperidine rings is 1. The predicted octanol–water partition coefficient (Wildman–Crippen LogP) is 3.43. The number of hydrogen-bond acceptors (Lipinski definition) is 5. The van der Waals surface area contributed by atoms with E-state index < -0.39 is 5.60 Å². The van der Waals surface area contributed by atoms with Crippen molar-refractivity contribution in [3.05, 3.63) is 57.3 Å². The molecule has 7 heteroatoms. The maximum atomic E-state index is 12.9. The van der Waals surface area contributed by atoms with Gasteiger partial charge < -0.3 is 15.1 Å². The molecule has 3 heterocycles. The zero-order valence-corrected chi connectivity index (χ0v) is 17.6. The van der Waals surface area contributed by atoms with Crippen LogP contribution in [-0.4, -0.2) is 41.1 Å². The lowest BCUT2D eigenvalue weighted by Gasteiger charge is -2.38. The van der Waals surface area contributed by atoms with Crippen molar-refractivity contribution < 1.29 is 14.4 Å². The minimum Gasteiger partial charge on any atom is -0.386 e. The van der Waals surface area contributed by atoms with Gasteiger partial charge in [-0.1, -0.05) is 35.0 Å². The molecule has 1 aromatic carbocycles. The quantitative estimate of drug-likeness (QED) is 0.838. The number of carbonyl (C=O) groups is 2. The summed E-state index contributed by atoms with van der Waals surface area (Å²) in [5.74, 6) is -0.169. The Morgan fingerprint density at radius 1 is 1.24 bits per heavy atom. The highest BCUT2D eigenvalue weighted by molar-refractivity contribution is 7.12. The molecule has 6 nitrogen and oxygen atoms in total. The van der Waals surface area contributed by atoms with E-state index in [0.717, 1.165) is 28.8 Å². The molecular weight excluding hydrogens is 386 g/mol. The van der Waals surface area contributed by atoms with Gasteiger partial charge in [0.15, 0.2) is 5.60 Å². The molecule has 1 spiro atoms. The molecule has 0 saturated carbocycles. The van der Waals surface area contributed by atoms with Crippen molar-refractivity contribution in [3.63, 3.8) is 0 Å². The molecule has 1 N–H and O–H groups in total. The van der Waals surface area contributed by atoms with Gasteiger partial charge in [-0.3, -0.25) is 9.59 Å². The highest BCUT2D eigenvalue weighted by Crippen LogP contribution is 2.34. The fourth-order valence-corrected chi connectivity index (χ4v) is 4.75. The van der Waals surface area contributed by atoms with E-state index in [4.69, 9.17) is 4.84 Å². The van der Waals surface area contributed by atoms with Crippen LogP contribution in [0.4, 0.5) is 0 Å². The Bertz CT molecular complexity index is 950. The van der Waals surface area contributed by atoms with Gasteiger partial charge in [-0.15, -0.1) is 11.3 Å². The molecule has 2 amide bonds. The molecule has 1 saturated heterocycles. The Balaban J connectivity index is 1.36. The van der Waals surface area contributed by atoms with E-state index in [1.54, 1.807) is 0 Å². The summed E-state index contributed by atoms with van der Waals surface area (Å²) in [5, 5.41) is 8.94. The van der Waals surface area contributed by atoms with Crippen LogP contribution in [0, 0.1) is 13.8 Å². The molecule has 0 radical (unpaired) electrons. The number of nitrogens with zero attached hydrogens (tertiary/aromatic N) is 2. The summed E-state index contributed by atoms with van der Waals surface area (Å²) in [5.41, 5.74) is 3.04. The smallest absolute Gasteiger partial charge is 0.269 e. The molecule has 2 aliphatic heterocycles. The van der Waals surface area contributed by atoms with Crippen LogP contribution < -0.4 is 5.32 Å². The maximum Gasteiger partial charge on any atom is 0.269 e. The molecule has 1 fully saturated rings. The van der Waals surface area contributed by atoms with Gasteiger partial charge in [-0.05, 0) is 49.3 Å². The average molecular weight is 412 g/mol. The van der Waals surface area contributed by atoms with Crippen molar-refractivity contribution in [2.24, 2.45) is 5.16 Å². The van der Waals surface area contributed by atoms with Crippen LogP contribution in [0.5, 0.6) is 0 Å². The molecule has 152 valence electrons. The Kier molecular flexibility index (Phi) is 5.41. The van der Waals surface area contributed by atoms with Crippen molar-refractivity contribution in [3.8, 4) is 0 Å². The number of hydrogen-bond donors (Lipinski definition) is 1. The van der Waals surface area contributed by atoms with Crippen molar-refractivity contribution in [1.29, 1.82) is 0 Å². The van der Waals surface area contributed by atoms with Crippen molar-refractivity contribution in [2.45, 2.75) is 45.3 Å². The first-order chi connectivity index (χ1) is 14.0. The lowest BCUT2D eigenvalue weighted by Crippen LogP contribution is -2.51. The van der Waals surface area contributed by atoms with Crippen LogP contribution >= 0.6 is 11.3 Å². The van der Waals surface area contributed by atoms with Gasteiger partial charge >= 0.3 is 0 Å². The summed E-state index contributed by atoms with van der Waals surface area (Å²) in [6.45, 7) is 5.60. The molecule has 2 aromatic rings. The molecule has 1 atom stereocenters. The van der Waals surface area contributed by atoms with Crippen LogP contribution in [0.2, 0.25) is 0 Å². The molecule has 4 rings (SSSR count). The SMILES string of the molecule is Cc1ccc(CNC(=O)C2=NO[C@@]3(CCCN(C(=O)c4sccc4C)C3)C2)cc1. The normalized spacial score (nSPS) is 21.0. The molecule has 0 aliphatic carbocycles. The molecule has 29 heavy (non-hydrogen) atoms. The Labute approximate surface area is 174 Å². The Morgan fingerprint density at radius 3 is 2.76 bits per heavy atom. The van der Waals surface area contributed by atoms with E-state index in [2.05, 4.69) is 10.5 Å². The first-order valence-electron chi connectivity index (χ1n) is 9.88. The van der Waals surface area contributed by atoms with Crippen LogP contribution in [0.15, 0.2) is 40.9 Å². The van der Waals surface area contributed by atoms with Gasteiger partial charge in [0.1, 0.15) is 5.71 Å². The average Bonchev–Trinajstić information content (AvgIpc) is 3.33. The van der Waals surface area contributed by atoms with E-state index in [-0.39, 0.29) is 11.8 Å². The lowest BCUT2D eigenvalue weighted by atomic mass is 9.88. The Hall–Kier alpha value is -2.67. The summed E-state index contributed by atoms with van der Waals surface area (Å²) in [7, 11) is 0. The van der Waals surface area contributed by atoms with Gasteiger partial charge in [0.25, 0.3) is 11.8 Å². The predicted molar refractivity (Wildman–Crippen MR) is 113 cm³/mol. The molecule has 2 aliphatic rings. The lowest BCUT2D eigenvalue weighted by molar-refractivity contribution is -0.115. The second-order valence-corrected chi connectivity index (χ2v) is 8.84. The van der Waals surface area contributed by atoms with Gasteiger partial charge in [-0.25, -0.2) is 0 Å². The highest BCUT2D eigenvalue weighted by atomic mass is 32.1. The monoisotopic (exact) mass is 411 g/mol. The van der Waals surface area contributed by atoms with Crippen LogP contribution in [0.1, 0.15) is 45.6 Å². The van der Waals surface area contributed by atoms with Crippen molar-refractivity contribution >= 4 is 28.9 Å². The standard InChI is InChI=1S/C22H25N3O3S/c1-15-4-6-17(7-5-15)13-23-20(26)18-12-22(28-24-18)9-3-10-25(14-22)21(27)19-16(2)8-11-29-19/h4-8,11H,3,9-10,12-14H2,1-2H3,(H,23,26)/t22-/m0/s1. The van der Waals surface area contributed by atoms with Gasteiger partial charge in [0.05, 0.1) is 11.4 Å². The number of amides is 2. The van der Waals surface area contributed by atoms with E-state index >= 15 is 0 Å². The molecule has 1 aromatic heterocycles. The number of likely N-dealkylation sites (tertiary alicyclic amines) is 1. The number of thiophene rings is 1. The minimum atomic E-state index is -0.588. The molecule has 0 bridgehead atoms. The first-order valence-corrected chi connectivity index (χ1v) is 10.8. The second kappa shape index (κ2) is 7.99. The largest absolute Gasteiger partial charge is 0.386 e. The minimum absolute atomic E-state index is 0.0393. The van der Waals surface area contributed by atoms with Crippen LogP contribution in [-0.2, 0) is 16.2 Å². The van der Waals surface area contributed by atoms with E-state index in [0.29, 0.717) is 31.8 Å². The zero-order valence-electron chi connectivity index (χ0n) is 16.7. The number of oxime groups is 1. The van der Waals surface area contributed by atoms with E-state index in [1.807, 2.05) is 54.5 Å². The summed E-state index contributed by atoms with van der Waals surface area (Å²) < 4.78 is 0. The third-order valence-corrected chi connectivity index (χ3v) is 6.56. The first kappa shape index (κ1) is 19.6. The van der Waals surface area contributed by atoms with Gasteiger partial charge in [0.2, 0.25) is 0 Å². The summed E-state index contributed by atoms with van der Waals surface area (Å²) in [6.07, 6.45) is 2.06. The molecular formula is C22H25N3O3S. The van der Waals surface area contributed by atoms with E-state index in [1.165, 1.54) is 16.9 Å². The Morgan fingerprint density at radius 2 is 2.03 bits per heavy atom. The summed E-state index contributed by atoms with van der Waals surface area (Å²) in [4.78, 5) is 33.8. The number of benzene rings is 1. The van der Waals surface area contributed by atoms with Crippen molar-refractivity contribution in [1.82, 2.24) is 10.2 Å². The van der Waals surface area contributed by atoms with Crippen LogP contribution in [0.25, 0.3) is 0 Å². The third kappa shape index (κ3) is 4.19. The van der Waals surface area contributed by atoms with Gasteiger partial charge in [0, 0.05) is 19.5 Å². The van der Waals surface area contributed by atoms with Crippen LogP contribution in [0.3, 0.4) is 0 Å². The maximum absolute atomic E-state index is 12.9. The zero-order chi connectivity index (χ0) is 20.4. The fraction of sp³-hybridized carbons (Fsp3) is 0.409. The number of aryl methyl sites for hydroxylation is 2. The number of carbonyl (C=O) groups excluding carboxylic acids is 2. The topological polar surface area (TPSA) is 71.0 Å². The summed E-state index contributed by atoms with van der Waals surface area (Å²) >= 11 is 1.47. The number of rotatable bonds is 4. The second-order valence-electron chi connectivity index (χ2n) is 7.92. The van der Waals surface area contributed by atoms with Crippen molar-refractivity contribution in [2.75, 3.05) is 13.1 Å². The summed E-state index contributed by atoms with van der Waals surface area (Å²) in [6, 6.07) is 10.0. The molecule has 0 unspecified atom stereocenters. The third-order valence-electron chi connectivity index (χ3n) is 5.56. The fourth-order valence-electron chi connectivity index (χ4n) is 3.86. The number of nitrogens with one attached hydrogen (secondary N) is 1.